The molecule has 166 valence electrons. The number of benzene rings is 3. The Hall–Kier alpha value is -3.93. The summed E-state index contributed by atoms with van der Waals surface area (Å²) in [6.07, 6.45) is 2.00. The Labute approximate surface area is 191 Å². The van der Waals surface area contributed by atoms with Crippen molar-refractivity contribution in [1.82, 2.24) is 14.8 Å². The van der Waals surface area contributed by atoms with Crippen LogP contribution in [0.3, 0.4) is 0 Å². The van der Waals surface area contributed by atoms with Gasteiger partial charge in [-0.15, -0.1) is 10.2 Å². The number of nitrogens with zero attached hydrogens (tertiary/aromatic N) is 3. The Morgan fingerprint density at radius 1 is 0.848 bits per heavy atom. The predicted octanol–water partition coefficient (Wildman–Crippen LogP) is 6.02. The maximum Gasteiger partial charge on any atom is 0.162 e. The van der Waals surface area contributed by atoms with Crippen molar-refractivity contribution < 1.29 is 13.9 Å². The molecule has 0 aliphatic carbocycles. The van der Waals surface area contributed by atoms with E-state index in [1.54, 1.807) is 26.4 Å². The molecule has 0 saturated heterocycles. The number of aryl methyl sites for hydroxylation is 2. The molecule has 0 spiro atoms. The average Bonchev–Trinajstić information content (AvgIpc) is 3.25. The highest BCUT2D eigenvalue weighted by atomic mass is 19.1. The lowest BCUT2D eigenvalue weighted by Gasteiger charge is -2.18. The zero-order valence-corrected chi connectivity index (χ0v) is 19.0. The fraction of sp³-hybridized carbons (Fsp3) is 0.185. The number of ether oxygens (including phenoxy) is 2. The van der Waals surface area contributed by atoms with Gasteiger partial charge in [0, 0.05) is 34.3 Å². The molecule has 0 unspecified atom stereocenters. The highest BCUT2D eigenvalue weighted by Gasteiger charge is 2.22. The van der Waals surface area contributed by atoms with Gasteiger partial charge in [-0.05, 0) is 43.2 Å². The summed E-state index contributed by atoms with van der Waals surface area (Å²) in [6.45, 7) is 4.53. The van der Waals surface area contributed by atoms with Crippen LogP contribution >= 0.6 is 0 Å². The zero-order chi connectivity index (χ0) is 23.1. The van der Waals surface area contributed by atoms with Crippen LogP contribution in [0.25, 0.3) is 33.4 Å². The molecule has 3 aromatic carbocycles. The molecule has 5 nitrogen and oxygen atoms in total. The molecule has 33 heavy (non-hydrogen) atoms. The van der Waals surface area contributed by atoms with E-state index in [1.807, 2.05) is 29.0 Å². The van der Waals surface area contributed by atoms with E-state index in [1.165, 1.54) is 17.2 Å². The molecule has 0 aromatic heterocycles. The maximum atomic E-state index is 14.5. The van der Waals surface area contributed by atoms with Gasteiger partial charge in [0.05, 0.1) is 26.3 Å². The van der Waals surface area contributed by atoms with Gasteiger partial charge >= 0.3 is 0 Å². The normalized spacial score (nSPS) is 11.3. The molecular weight excluding hydrogens is 417 g/mol. The SMILES string of the molecule is COc1cc2c3nnc(-c4ccc(C)c(C)c4)c-3cn(Cc3ccccc3F)c2cc1OC. The molecule has 5 rings (SSSR count). The molecular formula is C27H24FN3O2. The van der Waals surface area contributed by atoms with E-state index in [9.17, 15) is 4.39 Å². The van der Waals surface area contributed by atoms with E-state index < -0.39 is 0 Å². The summed E-state index contributed by atoms with van der Waals surface area (Å²) in [5.41, 5.74) is 7.32. The maximum absolute atomic E-state index is 14.5. The monoisotopic (exact) mass is 441 g/mol. The van der Waals surface area contributed by atoms with E-state index in [-0.39, 0.29) is 5.82 Å². The summed E-state index contributed by atoms with van der Waals surface area (Å²) < 4.78 is 27.6. The van der Waals surface area contributed by atoms with Crippen LogP contribution < -0.4 is 9.47 Å². The molecule has 0 bridgehead atoms. The second-order valence-electron chi connectivity index (χ2n) is 8.18. The quantitative estimate of drug-likeness (QED) is 0.334. The number of methoxy groups -OCH3 is 2. The molecule has 0 radical (unpaired) electrons. The number of hydrogen-bond acceptors (Lipinski definition) is 4. The second kappa shape index (κ2) is 8.20. The lowest BCUT2D eigenvalue weighted by molar-refractivity contribution is 0.355. The predicted molar refractivity (Wildman–Crippen MR) is 128 cm³/mol. The largest absolute Gasteiger partial charge is 0.493 e. The summed E-state index contributed by atoms with van der Waals surface area (Å²) >= 11 is 0. The topological polar surface area (TPSA) is 49.2 Å². The smallest absolute Gasteiger partial charge is 0.162 e. The van der Waals surface area contributed by atoms with Gasteiger partial charge in [-0.3, -0.25) is 0 Å². The Bertz CT molecular complexity index is 1460. The van der Waals surface area contributed by atoms with Crippen molar-refractivity contribution in [3.05, 3.63) is 83.3 Å². The fourth-order valence-corrected chi connectivity index (χ4v) is 4.20. The molecule has 0 saturated carbocycles. The molecule has 0 fully saturated rings. The van der Waals surface area contributed by atoms with Crippen LogP contribution in [0.1, 0.15) is 16.7 Å². The first-order valence-electron chi connectivity index (χ1n) is 10.7. The summed E-state index contributed by atoms with van der Waals surface area (Å²) in [4.78, 5) is 0. The van der Waals surface area contributed by atoms with E-state index in [4.69, 9.17) is 9.47 Å². The number of aromatic nitrogens is 3. The van der Waals surface area contributed by atoms with E-state index in [0.29, 0.717) is 23.6 Å². The average molecular weight is 442 g/mol. The minimum atomic E-state index is -0.244. The van der Waals surface area contributed by atoms with Gasteiger partial charge < -0.3 is 14.0 Å². The number of fused-ring (bicyclic) bond motifs is 3. The molecule has 0 N–H and O–H groups in total. The van der Waals surface area contributed by atoms with E-state index in [0.717, 1.165) is 33.4 Å². The van der Waals surface area contributed by atoms with Gasteiger partial charge in [-0.1, -0.05) is 30.3 Å². The highest BCUT2D eigenvalue weighted by molar-refractivity contribution is 5.99. The molecule has 2 aliphatic heterocycles. The van der Waals surface area contributed by atoms with Gasteiger partial charge in [-0.2, -0.15) is 0 Å². The van der Waals surface area contributed by atoms with Gasteiger partial charge in [0.25, 0.3) is 0 Å². The molecule has 0 atom stereocenters. The van der Waals surface area contributed by atoms with Crippen molar-refractivity contribution in [1.29, 1.82) is 0 Å². The van der Waals surface area contributed by atoms with Crippen LogP contribution in [-0.4, -0.2) is 29.0 Å². The van der Waals surface area contributed by atoms with Crippen LogP contribution in [0, 0.1) is 19.7 Å². The molecule has 3 aromatic rings. The van der Waals surface area contributed by atoms with Crippen molar-refractivity contribution in [2.75, 3.05) is 14.2 Å². The highest BCUT2D eigenvalue weighted by Crippen LogP contribution is 2.41. The van der Waals surface area contributed by atoms with Crippen LogP contribution in [0.2, 0.25) is 0 Å². The Morgan fingerprint density at radius 2 is 1.58 bits per heavy atom. The van der Waals surface area contributed by atoms with Crippen LogP contribution in [-0.2, 0) is 6.54 Å². The molecule has 0 amide bonds. The lowest BCUT2D eigenvalue weighted by Crippen LogP contribution is -2.06. The molecule has 2 heterocycles. The number of pyridine rings is 1. The standard InChI is InChI=1S/C27H24FN3O2/c1-16-9-10-18(11-17(16)2)26-21-15-31(14-19-7-5-6-8-22(19)28)23-13-25(33-4)24(32-3)12-20(23)27(21)30-29-26/h5-13,15H,14H2,1-4H3. The minimum absolute atomic E-state index is 0.244. The van der Waals surface area contributed by atoms with Gasteiger partial charge in [0.1, 0.15) is 17.2 Å². The minimum Gasteiger partial charge on any atom is -0.493 e. The van der Waals surface area contributed by atoms with Crippen LogP contribution in [0.4, 0.5) is 4.39 Å². The molecule has 2 aliphatic rings. The van der Waals surface area contributed by atoms with Crippen molar-refractivity contribution in [3.8, 4) is 34.0 Å². The Morgan fingerprint density at radius 3 is 2.30 bits per heavy atom. The number of hydrogen-bond donors (Lipinski definition) is 0. The van der Waals surface area contributed by atoms with E-state index >= 15 is 0 Å². The summed E-state index contributed by atoms with van der Waals surface area (Å²) in [5.74, 6) is 0.957. The summed E-state index contributed by atoms with van der Waals surface area (Å²) in [7, 11) is 3.21. The van der Waals surface area contributed by atoms with Crippen molar-refractivity contribution >= 4 is 10.9 Å². The number of halogens is 1. The third-order valence-electron chi connectivity index (χ3n) is 6.19. The first-order chi connectivity index (χ1) is 16.0. The van der Waals surface area contributed by atoms with Gasteiger partial charge in [0.2, 0.25) is 0 Å². The van der Waals surface area contributed by atoms with Gasteiger partial charge in [0.15, 0.2) is 11.5 Å². The molecule has 6 heteroatoms. The number of rotatable bonds is 5. The van der Waals surface area contributed by atoms with Crippen molar-refractivity contribution in [2.24, 2.45) is 0 Å². The second-order valence-corrected chi connectivity index (χ2v) is 8.18. The van der Waals surface area contributed by atoms with Crippen LogP contribution in [0.15, 0.2) is 60.8 Å². The van der Waals surface area contributed by atoms with Crippen molar-refractivity contribution in [2.45, 2.75) is 20.4 Å². The lowest BCUT2D eigenvalue weighted by atomic mass is 9.98. The third kappa shape index (κ3) is 3.57. The van der Waals surface area contributed by atoms with Crippen molar-refractivity contribution in [3.63, 3.8) is 0 Å². The third-order valence-corrected chi connectivity index (χ3v) is 6.19. The van der Waals surface area contributed by atoms with E-state index in [2.05, 4.69) is 42.2 Å². The van der Waals surface area contributed by atoms with Crippen LogP contribution in [0.5, 0.6) is 11.5 Å². The Balaban J connectivity index is 1.79. The van der Waals surface area contributed by atoms with Gasteiger partial charge in [-0.25, -0.2) is 4.39 Å². The first-order valence-corrected chi connectivity index (χ1v) is 10.7. The summed E-state index contributed by atoms with van der Waals surface area (Å²) in [6, 6.07) is 16.9. The zero-order valence-electron chi connectivity index (χ0n) is 19.0. The summed E-state index contributed by atoms with van der Waals surface area (Å²) in [5, 5.41) is 9.94. The Kier molecular flexibility index (Phi) is 5.21. The fourth-order valence-electron chi connectivity index (χ4n) is 4.20. The first kappa shape index (κ1) is 20.9.